The number of nitrogens with one attached hydrogen (secondary N) is 1. The minimum absolute atomic E-state index is 0.0257. The molecular weight excluding hydrogens is 881 g/mol. The normalized spacial score (nSPS) is 20.1. The molecule has 0 spiro atoms. The van der Waals surface area contributed by atoms with Crippen LogP contribution in [-0.4, -0.2) is 66.7 Å². The van der Waals surface area contributed by atoms with Gasteiger partial charge in [-0.3, -0.25) is 4.28 Å². The third-order valence-corrected chi connectivity index (χ3v) is 12.6. The van der Waals surface area contributed by atoms with Crippen LogP contribution in [-0.2, 0) is 41.6 Å². The Bertz CT molecular complexity index is 3960. The van der Waals surface area contributed by atoms with Crippen LogP contribution in [0.2, 0.25) is 0 Å². The second-order valence-electron chi connectivity index (χ2n) is 13.1. The molecule has 4 aromatic carbocycles. The third kappa shape index (κ3) is 4.45. The van der Waals surface area contributed by atoms with Crippen molar-refractivity contribution >= 4 is 98.1 Å². The van der Waals surface area contributed by atoms with Crippen molar-refractivity contribution < 1.29 is 67.2 Å². The molecule has 24 nitrogen and oxygen atoms in total. The van der Waals surface area contributed by atoms with Crippen LogP contribution in [0.1, 0.15) is 22.3 Å². The van der Waals surface area contributed by atoms with E-state index in [0.29, 0.717) is 15.9 Å². The molecule has 7 aliphatic rings. The first-order valence-electron chi connectivity index (χ1n) is 16.6. The number of H-pyrrole nitrogens is 1. The Morgan fingerprint density at radius 3 is 1.55 bits per heavy atom. The summed E-state index contributed by atoms with van der Waals surface area (Å²) in [6.07, 6.45) is 0. The number of benzene rings is 4. The first-order valence-corrected chi connectivity index (χ1v) is 22.0. The van der Waals surface area contributed by atoms with Gasteiger partial charge in [-0.25, -0.2) is 30.0 Å². The topological polar surface area (TPSA) is 305 Å². The van der Waals surface area contributed by atoms with Crippen molar-refractivity contribution in [2.24, 2.45) is 30.0 Å². The van der Waals surface area contributed by atoms with Gasteiger partial charge in [0, 0.05) is 27.5 Å². The molecule has 0 saturated heterocycles. The lowest BCUT2D eigenvalue weighted by Gasteiger charge is -2.16. The predicted octanol–water partition coefficient (Wildman–Crippen LogP) is 0.866. The van der Waals surface area contributed by atoms with Crippen molar-refractivity contribution in [1.82, 2.24) is 9.71 Å². The van der Waals surface area contributed by atoms with Crippen LogP contribution < -0.4 is 44.5 Å². The predicted molar refractivity (Wildman–Crippen MR) is 198 cm³/mol. The first-order chi connectivity index (χ1) is 28.6. The Morgan fingerprint density at radius 1 is 0.450 bits per heavy atom. The van der Waals surface area contributed by atoms with Crippen molar-refractivity contribution in [1.29, 1.82) is 0 Å². The Balaban J connectivity index is 1.31. The first kappa shape index (κ1) is 33.4. The number of aromatic amines is 1. The Kier molecular flexibility index (Phi) is 5.77. The maximum Gasteiger partial charge on any atom is 0.520 e. The summed E-state index contributed by atoms with van der Waals surface area (Å²) < 4.78 is 151. The molecule has 28 heteroatoms. The van der Waals surface area contributed by atoms with Gasteiger partial charge in [-0.05, 0) is 6.07 Å². The SMILES string of the molecule is O=S1(=O)Oc2cc3c4c(c2O1)OS(=O)(=O)Oc1c2c(c5c6c7[nH]c(c16)N=C4N=C3N=c1c3ccccc3c(n1OS(=O)(=O)O5)=NC1=NC(=N7)c3ccccc31)OS(=O)(=O)O2. The fourth-order valence-electron chi connectivity index (χ4n) is 7.48. The molecule has 0 amide bonds. The molecule has 6 aromatic rings. The van der Waals surface area contributed by atoms with E-state index in [0.717, 1.165) is 6.07 Å². The fraction of sp³-hybridized carbons (Fsp3) is 0. The number of hydrogen-bond acceptors (Lipinski definition) is 22. The highest BCUT2D eigenvalue weighted by Gasteiger charge is 2.47. The van der Waals surface area contributed by atoms with E-state index in [9.17, 15) is 33.7 Å². The number of nitrogens with zero attached hydrogens (tertiary/aromatic N) is 7. The summed E-state index contributed by atoms with van der Waals surface area (Å²) in [7, 11) is -21.1. The van der Waals surface area contributed by atoms with Crippen LogP contribution >= 0.6 is 0 Å². The van der Waals surface area contributed by atoms with Gasteiger partial charge in [0.1, 0.15) is 11.6 Å². The molecule has 298 valence electrons. The summed E-state index contributed by atoms with van der Waals surface area (Å²) >= 11 is 0. The summed E-state index contributed by atoms with van der Waals surface area (Å²) in [5, 5.41) is -0.615. The van der Waals surface area contributed by atoms with Crippen molar-refractivity contribution in [3.63, 3.8) is 0 Å². The number of rotatable bonds is 0. The van der Waals surface area contributed by atoms with E-state index in [-0.39, 0.29) is 56.2 Å². The quantitative estimate of drug-likeness (QED) is 0.221. The summed E-state index contributed by atoms with van der Waals surface area (Å²) in [5.74, 6) is -7.89. The van der Waals surface area contributed by atoms with Crippen LogP contribution in [0.25, 0.3) is 21.5 Å². The lowest BCUT2D eigenvalue weighted by atomic mass is 10.1. The molecule has 0 fully saturated rings. The van der Waals surface area contributed by atoms with Gasteiger partial charge < -0.3 is 34.3 Å². The highest BCUT2D eigenvalue weighted by molar-refractivity contribution is 7.83. The smallest absolute Gasteiger partial charge is 0.349 e. The lowest BCUT2D eigenvalue weighted by Crippen LogP contribution is -2.39. The molecule has 2 aromatic heterocycles. The van der Waals surface area contributed by atoms with Crippen molar-refractivity contribution in [3.05, 3.63) is 87.8 Å². The van der Waals surface area contributed by atoms with Gasteiger partial charge in [0.05, 0.1) is 16.3 Å². The molecule has 7 aliphatic heterocycles. The van der Waals surface area contributed by atoms with Crippen molar-refractivity contribution in [2.75, 3.05) is 0 Å². The average Bonchev–Trinajstić information content (AvgIpc) is 4.00. The Morgan fingerprint density at radius 2 is 0.917 bits per heavy atom. The van der Waals surface area contributed by atoms with Gasteiger partial charge in [-0.2, -0.15) is 0 Å². The standard InChI is InChI=1S/C32H10N8O16S4/c41-57(42)49-15-9-14-16-20(19(15)50-57)51-58(43,44)52-21-17-18-22(24-23(21)54-59(45,46)55-24)53-60(47,48)56-40-31-12-7-3-4-8-13(12)32(40)39-27(14)35-28(16)36-30(17)37-29(18)34-25-10-5-1-2-6-11(10)26(33-25)38-31/h1-9H,(H,33,34,35,36,37,38,39). The lowest BCUT2D eigenvalue weighted by molar-refractivity contribution is 0.226. The highest BCUT2D eigenvalue weighted by Crippen LogP contribution is 2.61. The minimum Gasteiger partial charge on any atom is -0.349 e. The van der Waals surface area contributed by atoms with E-state index in [1.54, 1.807) is 48.5 Å². The van der Waals surface area contributed by atoms with Gasteiger partial charge >= 0.3 is 41.6 Å². The average molecular weight is 891 g/mol. The molecule has 0 radical (unpaired) electrons. The third-order valence-electron chi connectivity index (χ3n) is 9.65. The van der Waals surface area contributed by atoms with Crippen LogP contribution in [0.4, 0.5) is 11.6 Å². The second-order valence-corrected chi connectivity index (χ2v) is 17.7. The number of fused-ring (bicyclic) bond motifs is 14. The van der Waals surface area contributed by atoms with Gasteiger partial charge in [0.25, 0.3) is 0 Å². The van der Waals surface area contributed by atoms with E-state index >= 15 is 0 Å². The van der Waals surface area contributed by atoms with Crippen LogP contribution in [0.15, 0.2) is 84.6 Å². The molecule has 13 rings (SSSR count). The minimum atomic E-state index is -5.57. The van der Waals surface area contributed by atoms with E-state index in [1.807, 2.05) is 0 Å². The molecule has 0 saturated carbocycles. The zero-order valence-corrected chi connectivity index (χ0v) is 31.8. The number of amidine groups is 4. The number of hydrogen-bond donors (Lipinski definition) is 1. The Hall–Kier alpha value is -7.56. The summed E-state index contributed by atoms with van der Waals surface area (Å²) in [6.45, 7) is 0. The van der Waals surface area contributed by atoms with Gasteiger partial charge in [-0.1, -0.05) is 48.5 Å². The number of aliphatic imine (C=N–C) groups is 4. The molecule has 0 atom stereocenters. The molecule has 1 N–H and O–H groups in total. The van der Waals surface area contributed by atoms with E-state index < -0.39 is 104 Å². The van der Waals surface area contributed by atoms with E-state index in [4.69, 9.17) is 48.5 Å². The second kappa shape index (κ2) is 10.4. The zero-order chi connectivity index (χ0) is 40.8. The van der Waals surface area contributed by atoms with Crippen LogP contribution in [0.3, 0.4) is 0 Å². The molecule has 60 heavy (non-hydrogen) atoms. The van der Waals surface area contributed by atoms with Crippen LogP contribution in [0.5, 0.6) is 40.2 Å². The monoisotopic (exact) mass is 890 g/mol. The molecule has 0 aliphatic carbocycles. The van der Waals surface area contributed by atoms with Crippen molar-refractivity contribution in [3.8, 4) is 40.2 Å². The summed E-state index contributed by atoms with van der Waals surface area (Å²) in [4.78, 5) is 31.0. The largest absolute Gasteiger partial charge is 0.520 e. The van der Waals surface area contributed by atoms with Gasteiger partial charge in [-0.15, -0.1) is 38.4 Å². The maximum absolute atomic E-state index is 14.3. The summed E-state index contributed by atoms with van der Waals surface area (Å²) in [5.41, 5.74) is -0.196. The Labute approximate surface area is 331 Å². The summed E-state index contributed by atoms with van der Waals surface area (Å²) in [6, 6.07) is 14.2. The van der Waals surface area contributed by atoms with Gasteiger partial charge in [0.15, 0.2) is 40.1 Å². The van der Waals surface area contributed by atoms with Crippen molar-refractivity contribution in [2.45, 2.75) is 0 Å². The van der Waals surface area contributed by atoms with E-state index in [1.165, 1.54) is 0 Å². The number of aromatic nitrogens is 2. The van der Waals surface area contributed by atoms with Gasteiger partial charge in [0.2, 0.25) is 34.5 Å². The molecule has 9 heterocycles. The molecule has 9 bridgehead atoms. The molecular formula is C32H10N8O16S4. The zero-order valence-electron chi connectivity index (χ0n) is 28.5. The highest BCUT2D eigenvalue weighted by atomic mass is 32.3. The maximum atomic E-state index is 14.3. The van der Waals surface area contributed by atoms with E-state index in [2.05, 4.69) is 20.0 Å². The van der Waals surface area contributed by atoms with Crippen LogP contribution in [0, 0.1) is 0 Å². The fourth-order valence-corrected chi connectivity index (χ4v) is 10.4. The molecule has 0 unspecified atom stereocenters.